The maximum Gasteiger partial charge on any atom is 0.535 e. The quantitative estimate of drug-likeness (QED) is 0.413. The van der Waals surface area contributed by atoms with Crippen molar-refractivity contribution in [1.82, 2.24) is 0 Å². The SMILES string of the molecule is CCOC(=O)ON=C1OC(C)(C)C(C)(C)O1. The van der Waals surface area contributed by atoms with Crippen LogP contribution in [0.1, 0.15) is 34.6 Å². The molecule has 1 heterocycles. The van der Waals surface area contributed by atoms with Crippen LogP contribution in [0.4, 0.5) is 4.79 Å². The molecule has 0 aliphatic carbocycles. The van der Waals surface area contributed by atoms with Gasteiger partial charge in [-0.05, 0) is 34.6 Å². The van der Waals surface area contributed by atoms with Crippen LogP contribution >= 0.6 is 0 Å². The third-order valence-electron chi connectivity index (χ3n) is 2.59. The molecule has 0 spiro atoms. The van der Waals surface area contributed by atoms with Gasteiger partial charge in [-0.2, -0.15) is 0 Å². The van der Waals surface area contributed by atoms with Crippen LogP contribution in [0.5, 0.6) is 0 Å². The first kappa shape index (κ1) is 12.6. The molecule has 6 heteroatoms. The van der Waals surface area contributed by atoms with E-state index in [0.717, 1.165) is 0 Å². The summed E-state index contributed by atoms with van der Waals surface area (Å²) >= 11 is 0. The van der Waals surface area contributed by atoms with Crippen LogP contribution < -0.4 is 0 Å². The Morgan fingerprint density at radius 1 is 1.25 bits per heavy atom. The Kier molecular flexibility index (Phi) is 3.30. The average Bonchev–Trinajstić information content (AvgIpc) is 2.33. The average molecular weight is 231 g/mol. The van der Waals surface area contributed by atoms with E-state index in [4.69, 9.17) is 9.47 Å². The molecule has 1 aliphatic heterocycles. The van der Waals surface area contributed by atoms with Gasteiger partial charge in [0.2, 0.25) is 0 Å². The van der Waals surface area contributed by atoms with Crippen molar-refractivity contribution in [3.63, 3.8) is 0 Å². The van der Waals surface area contributed by atoms with Gasteiger partial charge in [0.25, 0.3) is 0 Å². The van der Waals surface area contributed by atoms with Crippen LogP contribution in [0, 0.1) is 0 Å². The van der Waals surface area contributed by atoms with E-state index >= 15 is 0 Å². The van der Waals surface area contributed by atoms with Gasteiger partial charge >= 0.3 is 12.2 Å². The number of hydrogen-bond donors (Lipinski definition) is 0. The zero-order valence-corrected chi connectivity index (χ0v) is 10.2. The molecule has 0 N–H and O–H groups in total. The first-order chi connectivity index (χ1) is 7.28. The fourth-order valence-electron chi connectivity index (χ4n) is 0.959. The Labute approximate surface area is 94.5 Å². The molecule has 0 aromatic rings. The van der Waals surface area contributed by atoms with Gasteiger partial charge in [0.15, 0.2) is 0 Å². The Hall–Kier alpha value is -1.46. The highest BCUT2D eigenvalue weighted by Crippen LogP contribution is 2.35. The Balaban J connectivity index is 2.59. The largest absolute Gasteiger partial charge is 0.535 e. The van der Waals surface area contributed by atoms with Crippen LogP contribution in [-0.2, 0) is 19.0 Å². The summed E-state index contributed by atoms with van der Waals surface area (Å²) in [6.45, 7) is 9.34. The third-order valence-corrected chi connectivity index (χ3v) is 2.59. The highest BCUT2D eigenvalue weighted by atomic mass is 16.8. The first-order valence-electron chi connectivity index (χ1n) is 5.08. The second-order valence-corrected chi connectivity index (χ2v) is 4.36. The molecule has 0 amide bonds. The van der Waals surface area contributed by atoms with Crippen molar-refractivity contribution >= 4 is 12.2 Å². The van der Waals surface area contributed by atoms with E-state index in [0.29, 0.717) is 0 Å². The van der Waals surface area contributed by atoms with E-state index in [-0.39, 0.29) is 12.7 Å². The molecular weight excluding hydrogens is 214 g/mol. The predicted octanol–water partition coefficient (Wildman–Crippen LogP) is 2.03. The number of rotatable bonds is 2. The normalized spacial score (nSPS) is 20.7. The lowest BCUT2D eigenvalue weighted by molar-refractivity contribution is 0.00578. The second-order valence-electron chi connectivity index (χ2n) is 4.36. The van der Waals surface area contributed by atoms with E-state index in [9.17, 15) is 4.79 Å². The molecule has 0 aromatic carbocycles. The minimum absolute atomic E-state index is 0.0666. The van der Waals surface area contributed by atoms with Gasteiger partial charge in [0, 0.05) is 5.16 Å². The van der Waals surface area contributed by atoms with Crippen molar-refractivity contribution < 1.29 is 23.8 Å². The van der Waals surface area contributed by atoms with Gasteiger partial charge < -0.3 is 14.2 Å². The van der Waals surface area contributed by atoms with Gasteiger partial charge in [-0.3, -0.25) is 4.84 Å². The standard InChI is InChI=1S/C10H17NO5/c1-6-13-8(12)16-11-7-14-9(2,3)10(4,5)15-7/h6H2,1-5H3. The van der Waals surface area contributed by atoms with Gasteiger partial charge in [0.1, 0.15) is 11.2 Å². The van der Waals surface area contributed by atoms with Gasteiger partial charge in [0.05, 0.1) is 6.61 Å². The number of carbonyl (C=O) groups is 1. The summed E-state index contributed by atoms with van der Waals surface area (Å²) in [7, 11) is 0. The Morgan fingerprint density at radius 3 is 2.19 bits per heavy atom. The van der Waals surface area contributed by atoms with Crippen LogP contribution in [0.15, 0.2) is 5.16 Å². The lowest BCUT2D eigenvalue weighted by atomic mass is 9.90. The van der Waals surface area contributed by atoms with Crippen LogP contribution in [0.3, 0.4) is 0 Å². The molecule has 0 aromatic heterocycles. The van der Waals surface area contributed by atoms with Gasteiger partial charge in [-0.25, -0.2) is 4.79 Å². The number of nitrogens with zero attached hydrogens (tertiary/aromatic N) is 1. The number of oxime groups is 1. The number of ether oxygens (including phenoxy) is 3. The molecule has 0 atom stereocenters. The highest BCUT2D eigenvalue weighted by molar-refractivity contribution is 5.71. The van der Waals surface area contributed by atoms with E-state index < -0.39 is 17.4 Å². The summed E-state index contributed by atoms with van der Waals surface area (Å²) in [5, 5.41) is 3.43. The maximum atomic E-state index is 10.9. The van der Waals surface area contributed by atoms with Gasteiger partial charge in [-0.1, -0.05) is 0 Å². The lowest BCUT2D eigenvalue weighted by Gasteiger charge is -2.28. The van der Waals surface area contributed by atoms with Crippen molar-refractivity contribution in [2.24, 2.45) is 5.16 Å². The minimum Gasteiger partial charge on any atom is -0.438 e. The van der Waals surface area contributed by atoms with E-state index in [2.05, 4.69) is 14.7 Å². The monoisotopic (exact) mass is 231 g/mol. The Bertz CT molecular complexity index is 290. The van der Waals surface area contributed by atoms with Gasteiger partial charge in [-0.15, -0.1) is 0 Å². The Morgan fingerprint density at radius 2 is 1.75 bits per heavy atom. The molecule has 1 saturated heterocycles. The summed E-state index contributed by atoms with van der Waals surface area (Å²) < 4.78 is 15.3. The fourth-order valence-corrected chi connectivity index (χ4v) is 0.959. The fraction of sp³-hybridized carbons (Fsp3) is 0.800. The first-order valence-corrected chi connectivity index (χ1v) is 5.08. The third kappa shape index (κ3) is 2.56. The van der Waals surface area contributed by atoms with E-state index in [1.54, 1.807) is 6.92 Å². The molecule has 0 radical (unpaired) electrons. The molecule has 1 fully saturated rings. The molecule has 0 saturated carbocycles. The summed E-state index contributed by atoms with van der Waals surface area (Å²) in [4.78, 5) is 15.3. The zero-order chi connectivity index (χ0) is 12.4. The van der Waals surface area contributed by atoms with Crippen molar-refractivity contribution in [2.75, 3.05) is 6.61 Å². The van der Waals surface area contributed by atoms with Crippen molar-refractivity contribution in [3.8, 4) is 0 Å². The molecule has 1 rings (SSSR count). The van der Waals surface area contributed by atoms with E-state index in [1.165, 1.54) is 0 Å². The van der Waals surface area contributed by atoms with Crippen molar-refractivity contribution in [3.05, 3.63) is 0 Å². The maximum absolute atomic E-state index is 10.9. The highest BCUT2D eigenvalue weighted by Gasteiger charge is 2.50. The van der Waals surface area contributed by atoms with Crippen molar-refractivity contribution in [2.45, 2.75) is 45.8 Å². The topological polar surface area (TPSA) is 66.4 Å². The molecular formula is C10H17NO5. The van der Waals surface area contributed by atoms with Crippen LogP contribution in [0.2, 0.25) is 0 Å². The van der Waals surface area contributed by atoms with E-state index in [1.807, 2.05) is 27.7 Å². The molecule has 92 valence electrons. The molecule has 0 unspecified atom stereocenters. The van der Waals surface area contributed by atoms with Crippen LogP contribution in [-0.4, -0.2) is 30.0 Å². The zero-order valence-electron chi connectivity index (χ0n) is 10.2. The smallest absolute Gasteiger partial charge is 0.438 e. The van der Waals surface area contributed by atoms with Crippen molar-refractivity contribution in [1.29, 1.82) is 0 Å². The summed E-state index contributed by atoms with van der Waals surface area (Å²) in [5.41, 5.74) is -1.08. The molecule has 6 nitrogen and oxygen atoms in total. The predicted molar refractivity (Wildman–Crippen MR) is 55.9 cm³/mol. The summed E-state index contributed by atoms with van der Waals surface area (Å²) in [5.74, 6) is 0. The molecule has 0 bridgehead atoms. The molecule has 1 aliphatic rings. The lowest BCUT2D eigenvalue weighted by Crippen LogP contribution is -2.41. The second kappa shape index (κ2) is 4.19. The van der Waals surface area contributed by atoms with Crippen LogP contribution in [0.25, 0.3) is 0 Å². The number of carbonyl (C=O) groups excluding carboxylic acids is 1. The summed E-state index contributed by atoms with van der Waals surface area (Å²) in [6.07, 6.45) is -0.951. The summed E-state index contributed by atoms with van der Waals surface area (Å²) in [6, 6.07) is 0. The number of hydrogen-bond acceptors (Lipinski definition) is 6. The molecule has 16 heavy (non-hydrogen) atoms. The minimum atomic E-state index is -0.885.